The van der Waals surface area contributed by atoms with E-state index in [1.165, 1.54) is 5.56 Å². The zero-order chi connectivity index (χ0) is 13.2. The van der Waals surface area contributed by atoms with Gasteiger partial charge in [-0.25, -0.2) is 8.42 Å². The van der Waals surface area contributed by atoms with E-state index in [9.17, 15) is 8.42 Å². The molecule has 2 rings (SSSR count). The summed E-state index contributed by atoms with van der Waals surface area (Å²) in [5.74, 6) is 1.05. The van der Waals surface area contributed by atoms with E-state index in [1.807, 2.05) is 19.2 Å². The average molecular weight is 332 g/mol. The Labute approximate surface area is 117 Å². The maximum atomic E-state index is 11.5. The van der Waals surface area contributed by atoms with Crippen LogP contribution in [0.4, 0.5) is 0 Å². The molecular formula is C13H18BrNO2S. The lowest BCUT2D eigenvalue weighted by Crippen LogP contribution is -2.32. The van der Waals surface area contributed by atoms with Crippen LogP contribution in [-0.2, 0) is 9.84 Å². The van der Waals surface area contributed by atoms with Gasteiger partial charge in [-0.15, -0.1) is 0 Å². The summed E-state index contributed by atoms with van der Waals surface area (Å²) >= 11 is 3.43. The van der Waals surface area contributed by atoms with Crippen molar-refractivity contribution in [1.82, 2.24) is 5.32 Å². The minimum absolute atomic E-state index is 0.244. The Bertz CT molecular complexity index is 484. The van der Waals surface area contributed by atoms with Crippen molar-refractivity contribution < 1.29 is 8.42 Å². The zero-order valence-corrected chi connectivity index (χ0v) is 12.8. The van der Waals surface area contributed by atoms with Gasteiger partial charge in [0.05, 0.1) is 11.5 Å². The zero-order valence-electron chi connectivity index (χ0n) is 10.4. The van der Waals surface area contributed by atoms with E-state index < -0.39 is 9.84 Å². The minimum Gasteiger partial charge on any atom is -0.313 e. The topological polar surface area (TPSA) is 46.2 Å². The molecule has 3 nitrogen and oxygen atoms in total. The quantitative estimate of drug-likeness (QED) is 0.925. The number of halogens is 1. The number of hydrogen-bond donors (Lipinski definition) is 1. The molecule has 0 amide bonds. The fourth-order valence-electron chi connectivity index (χ4n) is 2.59. The predicted molar refractivity (Wildman–Crippen MR) is 77.3 cm³/mol. The normalized spacial score (nSPS) is 21.7. The van der Waals surface area contributed by atoms with Crippen molar-refractivity contribution in [3.05, 3.63) is 34.3 Å². The number of rotatable bonds is 3. The second-order valence-electron chi connectivity index (χ2n) is 4.81. The SMILES string of the molecule is CNC(c1ccc(Br)cc1)C1CCS(=O)(=O)CC1. The third-order valence-corrected chi connectivity index (χ3v) is 5.85. The van der Waals surface area contributed by atoms with Crippen molar-refractivity contribution in [3.8, 4) is 0 Å². The van der Waals surface area contributed by atoms with Crippen LogP contribution in [0.15, 0.2) is 28.7 Å². The standard InChI is InChI=1S/C13H18BrNO2S/c1-15-13(10-2-4-12(14)5-3-10)11-6-8-18(16,17)9-7-11/h2-5,11,13,15H,6-9H2,1H3. The van der Waals surface area contributed by atoms with Gasteiger partial charge in [0.2, 0.25) is 0 Å². The highest BCUT2D eigenvalue weighted by molar-refractivity contribution is 9.10. The molecule has 1 aromatic carbocycles. The van der Waals surface area contributed by atoms with Crippen LogP contribution in [0.2, 0.25) is 0 Å². The van der Waals surface area contributed by atoms with Crippen molar-refractivity contribution in [2.45, 2.75) is 18.9 Å². The number of nitrogens with one attached hydrogen (secondary N) is 1. The molecule has 0 saturated carbocycles. The minimum atomic E-state index is -2.78. The lowest BCUT2D eigenvalue weighted by atomic mass is 9.88. The van der Waals surface area contributed by atoms with Crippen LogP contribution in [0.1, 0.15) is 24.4 Å². The van der Waals surface area contributed by atoms with E-state index in [2.05, 4.69) is 33.4 Å². The average Bonchev–Trinajstić information content (AvgIpc) is 2.34. The van der Waals surface area contributed by atoms with E-state index in [-0.39, 0.29) is 6.04 Å². The van der Waals surface area contributed by atoms with Gasteiger partial charge in [-0.05, 0) is 43.5 Å². The Balaban J connectivity index is 2.12. The van der Waals surface area contributed by atoms with Gasteiger partial charge in [-0.1, -0.05) is 28.1 Å². The van der Waals surface area contributed by atoms with Crippen molar-refractivity contribution in [3.63, 3.8) is 0 Å². The maximum Gasteiger partial charge on any atom is 0.150 e. The molecule has 0 spiro atoms. The molecule has 1 aromatic rings. The van der Waals surface area contributed by atoms with Gasteiger partial charge in [0.15, 0.2) is 0 Å². The first kappa shape index (κ1) is 14.0. The fourth-order valence-corrected chi connectivity index (χ4v) is 4.38. The largest absolute Gasteiger partial charge is 0.313 e. The smallest absolute Gasteiger partial charge is 0.150 e. The van der Waals surface area contributed by atoms with Gasteiger partial charge < -0.3 is 5.32 Å². The van der Waals surface area contributed by atoms with E-state index >= 15 is 0 Å². The first-order chi connectivity index (χ1) is 8.52. The van der Waals surface area contributed by atoms with E-state index in [4.69, 9.17) is 0 Å². The van der Waals surface area contributed by atoms with Crippen LogP contribution in [-0.4, -0.2) is 27.0 Å². The summed E-state index contributed by atoms with van der Waals surface area (Å²) in [5, 5.41) is 3.32. The van der Waals surface area contributed by atoms with Crippen molar-refractivity contribution in [2.24, 2.45) is 5.92 Å². The molecule has 1 aliphatic rings. The summed E-state index contributed by atoms with van der Waals surface area (Å²) in [6.45, 7) is 0. The lowest BCUT2D eigenvalue weighted by molar-refractivity contribution is 0.350. The van der Waals surface area contributed by atoms with Gasteiger partial charge in [0.25, 0.3) is 0 Å². The highest BCUT2D eigenvalue weighted by atomic mass is 79.9. The molecule has 0 bridgehead atoms. The third-order valence-electron chi connectivity index (χ3n) is 3.61. The van der Waals surface area contributed by atoms with Crippen LogP contribution in [0.3, 0.4) is 0 Å². The lowest BCUT2D eigenvalue weighted by Gasteiger charge is -2.30. The summed E-state index contributed by atoms with van der Waals surface area (Å²) in [5.41, 5.74) is 1.23. The first-order valence-electron chi connectivity index (χ1n) is 6.15. The summed E-state index contributed by atoms with van der Waals surface area (Å²) in [6.07, 6.45) is 1.51. The Morgan fingerprint density at radius 3 is 2.28 bits per heavy atom. The molecule has 0 radical (unpaired) electrons. The molecule has 1 aliphatic heterocycles. The van der Waals surface area contributed by atoms with Gasteiger partial charge in [0, 0.05) is 10.5 Å². The summed E-state index contributed by atoms with van der Waals surface area (Å²) < 4.78 is 24.0. The van der Waals surface area contributed by atoms with Crippen molar-refractivity contribution >= 4 is 25.8 Å². The van der Waals surface area contributed by atoms with Crippen molar-refractivity contribution in [2.75, 3.05) is 18.6 Å². The predicted octanol–water partition coefficient (Wildman–Crippen LogP) is 2.53. The molecular weight excluding hydrogens is 314 g/mol. The Morgan fingerprint density at radius 2 is 1.78 bits per heavy atom. The fraction of sp³-hybridized carbons (Fsp3) is 0.538. The molecule has 1 N–H and O–H groups in total. The van der Waals surface area contributed by atoms with Gasteiger partial charge in [-0.3, -0.25) is 0 Å². The second kappa shape index (κ2) is 5.72. The van der Waals surface area contributed by atoms with Gasteiger partial charge in [0.1, 0.15) is 9.84 Å². The van der Waals surface area contributed by atoms with E-state index in [1.54, 1.807) is 0 Å². The second-order valence-corrected chi connectivity index (χ2v) is 8.03. The third kappa shape index (κ3) is 3.33. The Kier molecular flexibility index (Phi) is 4.45. The van der Waals surface area contributed by atoms with Crippen LogP contribution in [0, 0.1) is 5.92 Å². The highest BCUT2D eigenvalue weighted by Gasteiger charge is 2.29. The number of hydrogen-bond acceptors (Lipinski definition) is 3. The number of benzene rings is 1. The molecule has 1 heterocycles. The summed E-state index contributed by atoms with van der Waals surface area (Å²) in [7, 11) is -0.841. The molecule has 100 valence electrons. The molecule has 5 heteroatoms. The molecule has 0 aliphatic carbocycles. The Morgan fingerprint density at radius 1 is 1.22 bits per heavy atom. The monoisotopic (exact) mass is 331 g/mol. The first-order valence-corrected chi connectivity index (χ1v) is 8.76. The van der Waals surface area contributed by atoms with Crippen molar-refractivity contribution in [1.29, 1.82) is 0 Å². The van der Waals surface area contributed by atoms with E-state index in [0.29, 0.717) is 17.4 Å². The van der Waals surface area contributed by atoms with Crippen LogP contribution in [0.25, 0.3) is 0 Å². The molecule has 1 fully saturated rings. The molecule has 0 aromatic heterocycles. The molecule has 18 heavy (non-hydrogen) atoms. The van der Waals surface area contributed by atoms with Crippen LogP contribution >= 0.6 is 15.9 Å². The van der Waals surface area contributed by atoms with Gasteiger partial charge >= 0.3 is 0 Å². The van der Waals surface area contributed by atoms with Gasteiger partial charge in [-0.2, -0.15) is 0 Å². The van der Waals surface area contributed by atoms with Crippen LogP contribution in [0.5, 0.6) is 0 Å². The molecule has 1 saturated heterocycles. The molecule has 1 atom stereocenters. The summed E-state index contributed by atoms with van der Waals surface area (Å²) in [4.78, 5) is 0. The Hall–Kier alpha value is -0.390. The maximum absolute atomic E-state index is 11.5. The number of sulfone groups is 1. The summed E-state index contributed by atoms with van der Waals surface area (Å²) in [6, 6.07) is 8.48. The van der Waals surface area contributed by atoms with Crippen LogP contribution < -0.4 is 5.32 Å². The molecule has 1 unspecified atom stereocenters. The highest BCUT2D eigenvalue weighted by Crippen LogP contribution is 2.31. The van der Waals surface area contributed by atoms with E-state index in [0.717, 1.165) is 17.3 Å².